The first-order valence-corrected chi connectivity index (χ1v) is 8.99. The molecule has 146 valence electrons. The molecule has 0 aliphatic carbocycles. The van der Waals surface area contributed by atoms with E-state index in [2.05, 4.69) is 10.5 Å². The van der Waals surface area contributed by atoms with Crippen molar-refractivity contribution in [2.24, 2.45) is 0 Å². The van der Waals surface area contributed by atoms with E-state index in [1.54, 1.807) is 0 Å². The predicted octanol–water partition coefficient (Wildman–Crippen LogP) is 4.98. The summed E-state index contributed by atoms with van der Waals surface area (Å²) in [6, 6.07) is 12.3. The molecule has 0 bridgehead atoms. The Balaban J connectivity index is 1.49. The third-order valence-electron chi connectivity index (χ3n) is 4.05. The lowest BCUT2D eigenvalue weighted by atomic mass is 10.1. The summed E-state index contributed by atoms with van der Waals surface area (Å²) in [7, 11) is 0. The van der Waals surface area contributed by atoms with Gasteiger partial charge in [-0.25, -0.2) is 8.78 Å². The van der Waals surface area contributed by atoms with Crippen LogP contribution in [0.15, 0.2) is 53.1 Å². The molecule has 1 heterocycles. The molecular formula is C21H20F2N2O3. The summed E-state index contributed by atoms with van der Waals surface area (Å²) in [6.45, 7) is 2.53. The Labute approximate surface area is 161 Å². The molecule has 1 N–H and O–H groups in total. The van der Waals surface area contributed by atoms with E-state index in [9.17, 15) is 13.6 Å². The van der Waals surface area contributed by atoms with E-state index in [0.29, 0.717) is 25.2 Å². The number of anilines is 1. The molecule has 3 rings (SSSR count). The van der Waals surface area contributed by atoms with Gasteiger partial charge in [-0.2, -0.15) is 0 Å². The number of hydrogen-bond donors (Lipinski definition) is 1. The van der Waals surface area contributed by atoms with Crippen LogP contribution < -0.4 is 10.1 Å². The van der Waals surface area contributed by atoms with Crippen LogP contribution in [0.5, 0.6) is 5.75 Å². The van der Waals surface area contributed by atoms with Crippen molar-refractivity contribution in [3.8, 4) is 17.1 Å². The number of carbonyl (C=O) groups is 1. The second-order valence-corrected chi connectivity index (χ2v) is 6.17. The van der Waals surface area contributed by atoms with Crippen LogP contribution in [0.4, 0.5) is 14.5 Å². The Morgan fingerprint density at radius 2 is 1.93 bits per heavy atom. The van der Waals surface area contributed by atoms with Crippen molar-refractivity contribution in [1.29, 1.82) is 0 Å². The monoisotopic (exact) mass is 386 g/mol. The maximum absolute atomic E-state index is 13.5. The van der Waals surface area contributed by atoms with Gasteiger partial charge in [0.25, 0.3) is 0 Å². The smallest absolute Gasteiger partial charge is 0.224 e. The normalized spacial score (nSPS) is 10.7. The molecule has 0 radical (unpaired) electrons. The number of rotatable bonds is 8. The van der Waals surface area contributed by atoms with Crippen molar-refractivity contribution in [1.82, 2.24) is 5.16 Å². The number of aryl methyl sites for hydroxylation is 1. The largest absolute Gasteiger partial charge is 0.494 e. The topological polar surface area (TPSA) is 64.4 Å². The van der Waals surface area contributed by atoms with E-state index in [4.69, 9.17) is 9.26 Å². The summed E-state index contributed by atoms with van der Waals surface area (Å²) >= 11 is 0. The zero-order chi connectivity index (χ0) is 19.9. The molecular weight excluding hydrogens is 366 g/mol. The highest BCUT2D eigenvalue weighted by atomic mass is 19.1. The Morgan fingerprint density at radius 3 is 2.64 bits per heavy atom. The van der Waals surface area contributed by atoms with Crippen molar-refractivity contribution in [3.05, 3.63) is 65.9 Å². The fourth-order valence-corrected chi connectivity index (χ4v) is 2.68. The molecule has 1 amide bonds. The summed E-state index contributed by atoms with van der Waals surface area (Å²) in [5.74, 6) is -0.416. The molecule has 5 nitrogen and oxygen atoms in total. The summed E-state index contributed by atoms with van der Waals surface area (Å²) in [5.41, 5.74) is 1.57. The number of benzene rings is 2. The number of amides is 1. The Bertz CT molecular complexity index is 939. The maximum atomic E-state index is 13.5. The average Bonchev–Trinajstić information content (AvgIpc) is 3.14. The molecule has 0 spiro atoms. The number of aromatic nitrogens is 1. The number of halogens is 2. The fraction of sp³-hybridized carbons (Fsp3) is 0.238. The second-order valence-electron chi connectivity index (χ2n) is 6.17. The number of carbonyl (C=O) groups excluding carboxylic acids is 1. The second kappa shape index (κ2) is 9.12. The highest BCUT2D eigenvalue weighted by Gasteiger charge is 2.10. The fourth-order valence-electron chi connectivity index (χ4n) is 2.68. The van der Waals surface area contributed by atoms with Crippen molar-refractivity contribution in [2.45, 2.75) is 26.2 Å². The molecule has 7 heteroatoms. The Kier molecular flexibility index (Phi) is 6.37. The van der Waals surface area contributed by atoms with Gasteiger partial charge in [-0.05, 0) is 56.2 Å². The van der Waals surface area contributed by atoms with Crippen LogP contribution in [0, 0.1) is 11.6 Å². The van der Waals surface area contributed by atoms with Crippen LogP contribution in [0.25, 0.3) is 11.3 Å². The highest BCUT2D eigenvalue weighted by molar-refractivity contribution is 5.90. The summed E-state index contributed by atoms with van der Waals surface area (Å²) in [5, 5.41) is 6.45. The first-order chi connectivity index (χ1) is 13.5. The number of nitrogens with zero attached hydrogens (tertiary/aromatic N) is 1. The van der Waals surface area contributed by atoms with Gasteiger partial charge in [-0.15, -0.1) is 0 Å². The van der Waals surface area contributed by atoms with Gasteiger partial charge < -0.3 is 14.6 Å². The maximum Gasteiger partial charge on any atom is 0.224 e. The molecule has 0 unspecified atom stereocenters. The van der Waals surface area contributed by atoms with Gasteiger partial charge in [-0.1, -0.05) is 5.16 Å². The lowest BCUT2D eigenvalue weighted by molar-refractivity contribution is -0.116. The van der Waals surface area contributed by atoms with Crippen LogP contribution in [0.3, 0.4) is 0 Å². The first kappa shape index (κ1) is 19.5. The Hall–Kier alpha value is -3.22. The lowest BCUT2D eigenvalue weighted by Gasteiger charge is -2.05. The first-order valence-electron chi connectivity index (χ1n) is 8.99. The number of hydrogen-bond acceptors (Lipinski definition) is 4. The van der Waals surface area contributed by atoms with Crippen molar-refractivity contribution >= 4 is 11.6 Å². The van der Waals surface area contributed by atoms with Crippen molar-refractivity contribution < 1.29 is 22.8 Å². The van der Waals surface area contributed by atoms with Crippen LogP contribution >= 0.6 is 0 Å². The van der Waals surface area contributed by atoms with E-state index in [1.165, 1.54) is 6.07 Å². The Morgan fingerprint density at radius 1 is 1.14 bits per heavy atom. The van der Waals surface area contributed by atoms with Gasteiger partial charge in [0.2, 0.25) is 5.91 Å². The lowest BCUT2D eigenvalue weighted by Crippen LogP contribution is -2.12. The minimum Gasteiger partial charge on any atom is -0.494 e. The third kappa shape index (κ3) is 5.16. The van der Waals surface area contributed by atoms with Crippen LogP contribution in [0.2, 0.25) is 0 Å². The standard InChI is InChI=1S/C21H20F2N2O3/c1-2-27-17-9-6-14(7-10-17)20-13-16(25-28-20)4-3-5-21(26)24-19-11-8-15(22)12-18(19)23/h6-13H,2-5H2,1H3,(H,24,26). The molecule has 0 saturated heterocycles. The van der Waals surface area contributed by atoms with E-state index in [1.807, 2.05) is 37.3 Å². The molecule has 1 aromatic heterocycles. The predicted molar refractivity (Wildman–Crippen MR) is 101 cm³/mol. The van der Waals surface area contributed by atoms with Crippen LogP contribution in [0.1, 0.15) is 25.5 Å². The van der Waals surface area contributed by atoms with Crippen LogP contribution in [-0.4, -0.2) is 17.7 Å². The summed E-state index contributed by atoms with van der Waals surface area (Å²) in [6.07, 6.45) is 1.24. The molecule has 0 fully saturated rings. The number of ether oxygens (including phenoxy) is 1. The zero-order valence-corrected chi connectivity index (χ0v) is 15.4. The molecule has 0 atom stereocenters. The molecule has 3 aromatic rings. The van der Waals surface area contributed by atoms with E-state index >= 15 is 0 Å². The van der Waals surface area contributed by atoms with Gasteiger partial charge in [0.1, 0.15) is 17.4 Å². The summed E-state index contributed by atoms with van der Waals surface area (Å²) < 4.78 is 37.2. The van der Waals surface area contributed by atoms with Crippen LogP contribution in [-0.2, 0) is 11.2 Å². The minimum absolute atomic E-state index is 0.0365. The number of nitrogens with one attached hydrogen (secondary N) is 1. The van der Waals surface area contributed by atoms with Gasteiger partial charge in [0.15, 0.2) is 5.76 Å². The zero-order valence-electron chi connectivity index (χ0n) is 15.4. The van der Waals surface area contributed by atoms with E-state index in [0.717, 1.165) is 29.1 Å². The van der Waals surface area contributed by atoms with E-state index in [-0.39, 0.29) is 18.0 Å². The third-order valence-corrected chi connectivity index (χ3v) is 4.05. The van der Waals surface area contributed by atoms with Crippen molar-refractivity contribution in [3.63, 3.8) is 0 Å². The van der Waals surface area contributed by atoms with Gasteiger partial charge in [0.05, 0.1) is 18.0 Å². The van der Waals surface area contributed by atoms with Gasteiger partial charge in [-0.3, -0.25) is 4.79 Å². The SMILES string of the molecule is CCOc1ccc(-c2cc(CCCC(=O)Nc3ccc(F)cc3F)no2)cc1. The van der Waals surface area contributed by atoms with Crippen molar-refractivity contribution in [2.75, 3.05) is 11.9 Å². The van der Waals surface area contributed by atoms with Gasteiger partial charge in [0, 0.05) is 24.1 Å². The molecule has 0 saturated carbocycles. The quantitative estimate of drug-likeness (QED) is 0.593. The van der Waals surface area contributed by atoms with E-state index < -0.39 is 11.6 Å². The molecule has 0 aliphatic rings. The molecule has 2 aromatic carbocycles. The molecule has 28 heavy (non-hydrogen) atoms. The minimum atomic E-state index is -0.801. The highest BCUT2D eigenvalue weighted by Crippen LogP contribution is 2.24. The van der Waals surface area contributed by atoms with Gasteiger partial charge >= 0.3 is 0 Å². The average molecular weight is 386 g/mol. The molecule has 0 aliphatic heterocycles. The summed E-state index contributed by atoms with van der Waals surface area (Å²) in [4.78, 5) is 11.9.